The molecule has 0 bridgehead atoms. The molecule has 1 saturated heterocycles. The number of rotatable bonds is 8. The first-order valence-electron chi connectivity index (χ1n) is 11.9. The van der Waals surface area contributed by atoms with Crippen LogP contribution in [0.5, 0.6) is 0 Å². The van der Waals surface area contributed by atoms with Crippen molar-refractivity contribution >= 4 is 28.7 Å². The summed E-state index contributed by atoms with van der Waals surface area (Å²) in [6.45, 7) is 4.29. The Kier molecular flexibility index (Phi) is 6.94. The van der Waals surface area contributed by atoms with E-state index in [9.17, 15) is 4.79 Å². The number of fused-ring (bicyclic) bond motifs is 1. The van der Waals surface area contributed by atoms with Gasteiger partial charge in [-0.25, -0.2) is 9.67 Å². The zero-order valence-corrected chi connectivity index (χ0v) is 20.3. The van der Waals surface area contributed by atoms with E-state index in [1.165, 1.54) is 11.1 Å². The van der Waals surface area contributed by atoms with Crippen LogP contribution in [0.1, 0.15) is 42.1 Å². The Bertz CT molecular complexity index is 1240. The van der Waals surface area contributed by atoms with E-state index >= 15 is 0 Å². The predicted molar refractivity (Wildman–Crippen MR) is 136 cm³/mol. The summed E-state index contributed by atoms with van der Waals surface area (Å²) in [5.41, 5.74) is 4.51. The number of nitrogens with zero attached hydrogens (tertiary/aromatic N) is 6. The normalized spacial score (nSPS) is 14.7. The number of amides is 1. The third-order valence-electron chi connectivity index (χ3n) is 6.52. The highest BCUT2D eigenvalue weighted by atomic mass is 32.2. The molecule has 1 aliphatic heterocycles. The Labute approximate surface area is 204 Å². The number of para-hydroxylation sites is 1. The van der Waals surface area contributed by atoms with E-state index in [1.807, 2.05) is 58.0 Å². The Morgan fingerprint density at radius 1 is 1.09 bits per heavy atom. The molecule has 2 aromatic carbocycles. The van der Waals surface area contributed by atoms with Crippen LogP contribution in [0.25, 0.3) is 11.0 Å². The van der Waals surface area contributed by atoms with Gasteiger partial charge in [0.15, 0.2) is 0 Å². The lowest BCUT2D eigenvalue weighted by Crippen LogP contribution is -2.38. The number of carbonyl (C=O) groups excluding carboxylic acids is 1. The fourth-order valence-corrected chi connectivity index (χ4v) is 5.44. The van der Waals surface area contributed by atoms with Crippen LogP contribution in [0.3, 0.4) is 0 Å². The van der Waals surface area contributed by atoms with Crippen LogP contribution in [-0.2, 0) is 17.2 Å². The summed E-state index contributed by atoms with van der Waals surface area (Å²) >= 11 is 1.83. The Balaban J connectivity index is 1.10. The molecule has 0 spiro atoms. The van der Waals surface area contributed by atoms with Gasteiger partial charge in [-0.2, -0.15) is 11.8 Å². The lowest BCUT2D eigenvalue weighted by molar-refractivity contribution is -0.131. The molecule has 8 heteroatoms. The second-order valence-corrected chi connectivity index (χ2v) is 10.0. The molecule has 3 heterocycles. The molecule has 1 fully saturated rings. The first-order valence-corrected chi connectivity index (χ1v) is 13.0. The number of carbonyl (C=O) groups is 1. The first kappa shape index (κ1) is 22.7. The monoisotopic (exact) mass is 474 g/mol. The molecule has 5 rings (SSSR count). The summed E-state index contributed by atoms with van der Waals surface area (Å²) in [7, 11) is 0. The average molecular weight is 475 g/mol. The lowest BCUT2D eigenvalue weighted by atomic mass is 9.95. The van der Waals surface area contributed by atoms with E-state index in [0.717, 1.165) is 54.3 Å². The van der Waals surface area contributed by atoms with E-state index in [2.05, 4.69) is 51.1 Å². The van der Waals surface area contributed by atoms with Crippen LogP contribution >= 0.6 is 11.8 Å². The molecule has 4 aromatic rings. The maximum absolute atomic E-state index is 12.7. The number of hydrogen-bond acceptors (Lipinski definition) is 5. The molecule has 0 radical (unpaired) electrons. The van der Waals surface area contributed by atoms with Crippen molar-refractivity contribution in [1.82, 2.24) is 29.4 Å². The van der Waals surface area contributed by atoms with Crippen LogP contribution in [0.4, 0.5) is 0 Å². The highest BCUT2D eigenvalue weighted by molar-refractivity contribution is 7.98. The van der Waals surface area contributed by atoms with Crippen molar-refractivity contribution in [3.8, 4) is 0 Å². The van der Waals surface area contributed by atoms with Crippen LogP contribution in [0.2, 0.25) is 0 Å². The second kappa shape index (κ2) is 10.4. The van der Waals surface area contributed by atoms with Gasteiger partial charge in [0.1, 0.15) is 18.0 Å². The molecule has 0 aliphatic carbocycles. The maximum Gasteiger partial charge on any atom is 0.223 e. The number of aromatic nitrogens is 5. The highest BCUT2D eigenvalue weighted by Crippen LogP contribution is 2.28. The minimum Gasteiger partial charge on any atom is -0.343 e. The Morgan fingerprint density at radius 3 is 2.71 bits per heavy atom. The number of thioether (sulfide) groups is 1. The lowest BCUT2D eigenvalue weighted by Gasteiger charge is -2.32. The number of hydrogen-bond donors (Lipinski definition) is 0. The average Bonchev–Trinajstić information content (AvgIpc) is 3.50. The van der Waals surface area contributed by atoms with Crippen LogP contribution in [0, 0.1) is 6.92 Å². The topological polar surface area (TPSA) is 68.8 Å². The number of piperidine rings is 1. The van der Waals surface area contributed by atoms with Gasteiger partial charge in [0.05, 0.1) is 5.52 Å². The van der Waals surface area contributed by atoms with Crippen molar-refractivity contribution in [2.45, 2.75) is 44.5 Å². The fourth-order valence-electron chi connectivity index (χ4n) is 4.55. The number of aryl methyl sites for hydroxylation is 1. The van der Waals surface area contributed by atoms with Crippen molar-refractivity contribution in [3.05, 3.63) is 77.9 Å². The standard InChI is InChI=1S/C26H30N6OS/c1-20-6-8-21(9-7-20)18-34-17-12-25(33)30-14-10-22(11-15-30)26-27-13-16-31(26)19-32-24-5-3-2-4-23(24)28-29-32/h2-9,13,16,22H,10-12,14-15,17-19H2,1H3. The van der Waals surface area contributed by atoms with Crippen molar-refractivity contribution in [2.75, 3.05) is 18.8 Å². The van der Waals surface area contributed by atoms with Gasteiger partial charge in [-0.3, -0.25) is 4.79 Å². The Morgan fingerprint density at radius 2 is 1.88 bits per heavy atom. The largest absolute Gasteiger partial charge is 0.343 e. The smallest absolute Gasteiger partial charge is 0.223 e. The van der Waals surface area contributed by atoms with Gasteiger partial charge in [0.2, 0.25) is 5.91 Å². The third kappa shape index (κ3) is 5.17. The van der Waals surface area contributed by atoms with Gasteiger partial charge in [-0.15, -0.1) is 5.10 Å². The highest BCUT2D eigenvalue weighted by Gasteiger charge is 2.26. The number of likely N-dealkylation sites (tertiary alicyclic amines) is 1. The molecule has 1 aliphatic rings. The summed E-state index contributed by atoms with van der Waals surface area (Å²) in [5.74, 6) is 3.51. The van der Waals surface area contributed by atoms with E-state index in [-0.39, 0.29) is 5.91 Å². The van der Waals surface area contributed by atoms with E-state index in [4.69, 9.17) is 0 Å². The first-order chi connectivity index (χ1) is 16.7. The molecular weight excluding hydrogens is 444 g/mol. The van der Waals surface area contributed by atoms with Crippen molar-refractivity contribution in [2.24, 2.45) is 0 Å². The van der Waals surface area contributed by atoms with E-state index in [1.54, 1.807) is 0 Å². The number of imidazole rings is 1. The molecule has 0 N–H and O–H groups in total. The van der Waals surface area contributed by atoms with Crippen LogP contribution in [0.15, 0.2) is 60.9 Å². The van der Waals surface area contributed by atoms with Crippen molar-refractivity contribution < 1.29 is 4.79 Å². The summed E-state index contributed by atoms with van der Waals surface area (Å²) in [6, 6.07) is 16.6. The minimum atomic E-state index is 0.271. The van der Waals surface area contributed by atoms with Crippen molar-refractivity contribution in [3.63, 3.8) is 0 Å². The molecule has 34 heavy (non-hydrogen) atoms. The predicted octanol–water partition coefficient (Wildman–Crippen LogP) is 4.47. The molecule has 0 atom stereocenters. The van der Waals surface area contributed by atoms with E-state index in [0.29, 0.717) is 19.0 Å². The zero-order chi connectivity index (χ0) is 23.3. The van der Waals surface area contributed by atoms with Gasteiger partial charge in [0, 0.05) is 49.3 Å². The maximum atomic E-state index is 12.7. The molecule has 176 valence electrons. The van der Waals surface area contributed by atoms with Gasteiger partial charge in [0.25, 0.3) is 0 Å². The molecule has 7 nitrogen and oxygen atoms in total. The minimum absolute atomic E-state index is 0.271. The quantitative estimate of drug-likeness (QED) is 0.353. The summed E-state index contributed by atoms with van der Waals surface area (Å²) < 4.78 is 4.07. The van der Waals surface area contributed by atoms with Gasteiger partial charge >= 0.3 is 0 Å². The van der Waals surface area contributed by atoms with Crippen molar-refractivity contribution in [1.29, 1.82) is 0 Å². The van der Waals surface area contributed by atoms with Gasteiger partial charge in [-0.1, -0.05) is 47.2 Å². The third-order valence-corrected chi connectivity index (χ3v) is 7.55. The summed E-state index contributed by atoms with van der Waals surface area (Å²) in [6.07, 6.45) is 6.36. The van der Waals surface area contributed by atoms with E-state index < -0.39 is 0 Å². The second-order valence-electron chi connectivity index (χ2n) is 8.92. The molecule has 2 aromatic heterocycles. The zero-order valence-electron chi connectivity index (χ0n) is 19.5. The summed E-state index contributed by atoms with van der Waals surface area (Å²) in [5, 5.41) is 8.57. The van der Waals surface area contributed by atoms with Crippen LogP contribution < -0.4 is 0 Å². The van der Waals surface area contributed by atoms with Crippen LogP contribution in [-0.4, -0.2) is 54.2 Å². The molecule has 0 unspecified atom stereocenters. The SMILES string of the molecule is Cc1ccc(CSCCC(=O)N2CCC(c3nccn3Cn3nnc4ccccc43)CC2)cc1. The summed E-state index contributed by atoms with van der Waals surface area (Å²) in [4.78, 5) is 19.4. The Hall–Kier alpha value is -3.13. The molecular formula is C26H30N6OS. The fraction of sp³-hybridized carbons (Fsp3) is 0.385. The van der Waals surface area contributed by atoms with Gasteiger partial charge < -0.3 is 9.47 Å². The van der Waals surface area contributed by atoms with Gasteiger partial charge in [-0.05, 0) is 37.5 Å². The molecule has 0 saturated carbocycles. The number of benzene rings is 2. The molecule has 1 amide bonds.